The Morgan fingerprint density at radius 2 is 2.11 bits per heavy atom. The van der Waals surface area contributed by atoms with Crippen molar-refractivity contribution >= 4 is 44.9 Å². The van der Waals surface area contributed by atoms with Crippen LogP contribution in [0.15, 0.2) is 26.1 Å². The lowest BCUT2D eigenvalue weighted by atomic mass is 10.4. The Morgan fingerprint density at radius 1 is 1.28 bits per heavy atom. The number of hydrogen-bond acceptors (Lipinski definition) is 6. The lowest BCUT2D eigenvalue weighted by Gasteiger charge is -1.98. The van der Waals surface area contributed by atoms with Crippen LogP contribution in [-0.2, 0) is 0 Å². The molecule has 3 aromatic rings. The van der Waals surface area contributed by atoms with Gasteiger partial charge in [-0.05, 0) is 48.7 Å². The average molecular weight is 298 g/mol. The third-order valence-electron chi connectivity index (χ3n) is 2.44. The van der Waals surface area contributed by atoms with Gasteiger partial charge in [0.15, 0.2) is 0 Å². The van der Waals surface area contributed by atoms with Gasteiger partial charge in [-0.15, -0.1) is 11.3 Å². The van der Waals surface area contributed by atoms with Crippen molar-refractivity contribution in [3.63, 3.8) is 0 Å². The topological polar surface area (TPSA) is 51.8 Å². The number of oxazole rings is 1. The molecule has 3 aromatic heterocycles. The monoisotopic (exact) mass is 297 g/mol. The van der Waals surface area contributed by atoms with Gasteiger partial charge in [-0.25, -0.2) is 15.0 Å². The van der Waals surface area contributed by atoms with Crippen molar-refractivity contribution in [1.29, 1.82) is 0 Å². The summed E-state index contributed by atoms with van der Waals surface area (Å²) in [5, 5.41) is 3.56. The minimum absolute atomic E-state index is 0.239. The van der Waals surface area contributed by atoms with E-state index in [4.69, 9.17) is 16.0 Å². The molecule has 0 saturated carbocycles. The Hall–Kier alpha value is -1.11. The molecule has 0 spiro atoms. The maximum absolute atomic E-state index is 5.90. The van der Waals surface area contributed by atoms with Crippen LogP contribution >= 0.6 is 34.7 Å². The molecule has 0 saturated heterocycles. The highest BCUT2D eigenvalue weighted by atomic mass is 35.5. The van der Waals surface area contributed by atoms with Crippen LogP contribution in [0.1, 0.15) is 11.5 Å². The Kier molecular flexibility index (Phi) is 3.01. The summed E-state index contributed by atoms with van der Waals surface area (Å²) in [5.41, 5.74) is 1.74. The molecule has 3 heterocycles. The second-order valence-corrected chi connectivity index (χ2v) is 5.85. The Balaban J connectivity index is 2.06. The summed E-state index contributed by atoms with van der Waals surface area (Å²) in [6, 6.07) is 1.92. The van der Waals surface area contributed by atoms with E-state index < -0.39 is 0 Å². The van der Waals surface area contributed by atoms with Crippen LogP contribution in [0.5, 0.6) is 0 Å². The van der Waals surface area contributed by atoms with Crippen LogP contribution in [0, 0.1) is 13.8 Å². The fourth-order valence-electron chi connectivity index (χ4n) is 1.45. The molecule has 18 heavy (non-hydrogen) atoms. The van der Waals surface area contributed by atoms with Gasteiger partial charge < -0.3 is 4.42 Å². The van der Waals surface area contributed by atoms with Crippen LogP contribution in [0.4, 0.5) is 0 Å². The number of aryl methyl sites for hydroxylation is 2. The first-order chi connectivity index (χ1) is 8.63. The summed E-state index contributed by atoms with van der Waals surface area (Å²) >= 11 is 8.85. The van der Waals surface area contributed by atoms with Gasteiger partial charge in [-0.2, -0.15) is 0 Å². The Morgan fingerprint density at radius 3 is 2.83 bits per heavy atom. The third-order valence-corrected chi connectivity index (χ3v) is 4.48. The molecule has 92 valence electrons. The van der Waals surface area contributed by atoms with Crippen LogP contribution < -0.4 is 0 Å². The molecule has 0 amide bonds. The molecular formula is C11H8ClN3OS2. The van der Waals surface area contributed by atoms with Crippen LogP contribution in [0.3, 0.4) is 0 Å². The van der Waals surface area contributed by atoms with Crippen molar-refractivity contribution in [2.24, 2.45) is 0 Å². The maximum atomic E-state index is 5.90. The molecule has 7 heteroatoms. The van der Waals surface area contributed by atoms with Gasteiger partial charge >= 0.3 is 0 Å². The molecule has 0 fully saturated rings. The number of aromatic nitrogens is 3. The van der Waals surface area contributed by atoms with Crippen LogP contribution in [-0.4, -0.2) is 15.0 Å². The molecule has 0 bridgehead atoms. The number of thiophene rings is 1. The van der Waals surface area contributed by atoms with Crippen LogP contribution in [0.25, 0.3) is 10.2 Å². The summed E-state index contributed by atoms with van der Waals surface area (Å²) < 4.78 is 6.53. The Bertz CT molecular complexity index is 703. The fraction of sp³-hybridized carbons (Fsp3) is 0.182. The van der Waals surface area contributed by atoms with Gasteiger partial charge in [-0.1, -0.05) is 0 Å². The largest absolute Gasteiger partial charge is 0.436 e. The second-order valence-electron chi connectivity index (χ2n) is 3.66. The van der Waals surface area contributed by atoms with E-state index in [0.717, 1.165) is 26.7 Å². The molecule has 0 aliphatic rings. The molecule has 0 N–H and O–H groups in total. The van der Waals surface area contributed by atoms with E-state index in [2.05, 4.69) is 15.0 Å². The van der Waals surface area contributed by atoms with Crippen molar-refractivity contribution in [1.82, 2.24) is 15.0 Å². The molecule has 0 unspecified atom stereocenters. The molecule has 0 aliphatic carbocycles. The van der Waals surface area contributed by atoms with Gasteiger partial charge in [0.05, 0.1) is 15.9 Å². The molecule has 0 radical (unpaired) electrons. The minimum Gasteiger partial charge on any atom is -0.436 e. The number of halogens is 1. The minimum atomic E-state index is 0.239. The number of rotatable bonds is 2. The maximum Gasteiger partial charge on any atom is 0.262 e. The SMILES string of the molecule is Cc1nc(Sc2nc(Cl)nc3ccsc23)oc1C. The average Bonchev–Trinajstić information content (AvgIpc) is 2.86. The fourth-order valence-corrected chi connectivity index (χ4v) is 3.50. The van der Waals surface area contributed by atoms with Crippen molar-refractivity contribution in [2.45, 2.75) is 24.1 Å². The van der Waals surface area contributed by atoms with Gasteiger partial charge in [-0.3, -0.25) is 0 Å². The normalized spacial score (nSPS) is 11.3. The van der Waals surface area contributed by atoms with E-state index in [1.807, 2.05) is 25.3 Å². The third kappa shape index (κ3) is 2.11. The first kappa shape index (κ1) is 12.0. The zero-order valence-electron chi connectivity index (χ0n) is 9.60. The molecule has 0 aliphatic heterocycles. The highest BCUT2D eigenvalue weighted by Gasteiger charge is 2.13. The van der Waals surface area contributed by atoms with Crippen molar-refractivity contribution in [3.05, 3.63) is 28.2 Å². The summed E-state index contributed by atoms with van der Waals surface area (Å²) in [5.74, 6) is 0.820. The van der Waals surface area contributed by atoms with E-state index >= 15 is 0 Å². The van der Waals surface area contributed by atoms with Gasteiger partial charge in [0.2, 0.25) is 5.28 Å². The first-order valence-corrected chi connectivity index (χ1v) is 7.23. The lowest BCUT2D eigenvalue weighted by molar-refractivity contribution is 0.431. The summed E-state index contributed by atoms with van der Waals surface area (Å²) in [4.78, 5) is 12.7. The number of hydrogen-bond donors (Lipinski definition) is 0. The highest BCUT2D eigenvalue weighted by molar-refractivity contribution is 7.99. The van der Waals surface area contributed by atoms with Crippen molar-refractivity contribution in [3.8, 4) is 0 Å². The van der Waals surface area contributed by atoms with Crippen molar-refractivity contribution < 1.29 is 4.42 Å². The summed E-state index contributed by atoms with van der Waals surface area (Å²) in [6.45, 7) is 3.80. The molecule has 4 nitrogen and oxygen atoms in total. The Labute approximate surface area is 116 Å². The van der Waals surface area contributed by atoms with E-state index in [1.165, 1.54) is 11.8 Å². The summed E-state index contributed by atoms with van der Waals surface area (Å²) in [6.07, 6.45) is 0. The summed E-state index contributed by atoms with van der Waals surface area (Å²) in [7, 11) is 0. The van der Waals surface area contributed by atoms with E-state index in [9.17, 15) is 0 Å². The number of nitrogens with zero attached hydrogens (tertiary/aromatic N) is 3. The number of fused-ring (bicyclic) bond motifs is 1. The standard InChI is InChI=1S/C11H8ClN3OS2/c1-5-6(2)16-11(13-5)18-9-8-7(3-4-17-8)14-10(12)15-9/h3-4H,1-2H3. The predicted octanol–water partition coefficient (Wildman–Crippen LogP) is 4.10. The zero-order valence-corrected chi connectivity index (χ0v) is 12.0. The lowest BCUT2D eigenvalue weighted by Crippen LogP contribution is -1.86. The van der Waals surface area contributed by atoms with Crippen molar-refractivity contribution in [2.75, 3.05) is 0 Å². The second kappa shape index (κ2) is 4.53. The van der Waals surface area contributed by atoms with Gasteiger partial charge in [0.1, 0.15) is 10.8 Å². The molecule has 0 aromatic carbocycles. The van der Waals surface area contributed by atoms with Gasteiger partial charge in [0, 0.05) is 0 Å². The smallest absolute Gasteiger partial charge is 0.262 e. The van der Waals surface area contributed by atoms with E-state index in [1.54, 1.807) is 11.3 Å². The molecular weight excluding hydrogens is 290 g/mol. The highest BCUT2D eigenvalue weighted by Crippen LogP contribution is 2.35. The quantitative estimate of drug-likeness (QED) is 0.526. The van der Waals surface area contributed by atoms with E-state index in [-0.39, 0.29) is 5.28 Å². The molecule has 3 rings (SSSR count). The predicted molar refractivity (Wildman–Crippen MR) is 72.5 cm³/mol. The first-order valence-electron chi connectivity index (χ1n) is 5.16. The van der Waals surface area contributed by atoms with Crippen LogP contribution in [0.2, 0.25) is 5.28 Å². The zero-order chi connectivity index (χ0) is 12.7. The van der Waals surface area contributed by atoms with Gasteiger partial charge in [0.25, 0.3) is 5.22 Å². The molecule has 0 atom stereocenters. The van der Waals surface area contributed by atoms with E-state index in [0.29, 0.717) is 5.22 Å².